The van der Waals surface area contributed by atoms with E-state index in [2.05, 4.69) is 0 Å². The fourth-order valence-electron chi connectivity index (χ4n) is 3.16. The van der Waals surface area contributed by atoms with Crippen LogP contribution in [0.25, 0.3) is 10.9 Å². The number of ether oxygens (including phenoxy) is 1. The maximum atomic E-state index is 14.3. The Bertz CT molecular complexity index is 1170. The third-order valence-electron chi connectivity index (χ3n) is 4.49. The summed E-state index contributed by atoms with van der Waals surface area (Å²) in [6, 6.07) is 7.56. The lowest BCUT2D eigenvalue weighted by Crippen LogP contribution is -2.27. The lowest BCUT2D eigenvalue weighted by Gasteiger charge is -2.21. The first-order valence-corrected chi connectivity index (χ1v) is 8.37. The smallest absolute Gasteiger partial charge is 0.341 e. The van der Waals surface area contributed by atoms with Gasteiger partial charge in [-0.3, -0.25) is 4.79 Å². The summed E-state index contributed by atoms with van der Waals surface area (Å²) >= 11 is 0. The number of aromatic nitrogens is 1. The number of carboxylic acids is 2. The van der Waals surface area contributed by atoms with Crippen LogP contribution in [0.5, 0.6) is 5.75 Å². The molecule has 1 atom stereocenters. The van der Waals surface area contributed by atoms with Gasteiger partial charge < -0.3 is 19.5 Å². The van der Waals surface area contributed by atoms with Gasteiger partial charge in [-0.15, -0.1) is 0 Å². The molecule has 1 unspecified atom stereocenters. The molecule has 0 radical (unpaired) electrons. The van der Waals surface area contributed by atoms with Crippen molar-refractivity contribution < 1.29 is 33.3 Å². The summed E-state index contributed by atoms with van der Waals surface area (Å²) in [6.45, 7) is 0. The van der Waals surface area contributed by atoms with E-state index in [1.54, 1.807) is 30.3 Å². The quantitative estimate of drug-likeness (QED) is 0.656. The van der Waals surface area contributed by atoms with E-state index in [4.69, 9.17) is 4.74 Å². The van der Waals surface area contributed by atoms with Gasteiger partial charge in [0.25, 0.3) is 0 Å². The Hall–Kier alpha value is -3.75. The summed E-state index contributed by atoms with van der Waals surface area (Å²) in [5, 5.41) is 18.6. The van der Waals surface area contributed by atoms with Crippen LogP contribution in [0.2, 0.25) is 0 Å². The maximum absolute atomic E-state index is 14.3. The zero-order valence-electron chi connectivity index (χ0n) is 15.1. The first kappa shape index (κ1) is 20.0. The summed E-state index contributed by atoms with van der Waals surface area (Å²) in [5.41, 5.74) is -1.59. The van der Waals surface area contributed by atoms with Gasteiger partial charge in [0.15, 0.2) is 11.6 Å². The zero-order valence-corrected chi connectivity index (χ0v) is 15.1. The number of fused-ring (bicyclic) bond motifs is 1. The Balaban J connectivity index is 2.41. The standard InChI is InChI=1S/C20H15F2NO6/c1-29-18-15(22)13(21)8-11-16(18)23(9-12(17(11)24)19(25)26)14(20(27)28)7-10-5-3-2-4-6-10/h2-6,8-9,14H,7H2,1H3,(H,25,26)(H,27,28). The third-order valence-corrected chi connectivity index (χ3v) is 4.49. The number of carbonyl (C=O) groups is 2. The minimum atomic E-state index is -1.63. The first-order chi connectivity index (χ1) is 13.8. The van der Waals surface area contributed by atoms with Crippen LogP contribution < -0.4 is 10.2 Å². The maximum Gasteiger partial charge on any atom is 0.341 e. The summed E-state index contributed by atoms with van der Waals surface area (Å²) < 4.78 is 34.1. The minimum absolute atomic E-state index is 0.102. The van der Waals surface area contributed by atoms with Gasteiger partial charge in [-0.2, -0.15) is 4.39 Å². The molecule has 0 bridgehead atoms. The van der Waals surface area contributed by atoms with E-state index >= 15 is 0 Å². The van der Waals surface area contributed by atoms with Gasteiger partial charge in [-0.05, 0) is 11.6 Å². The molecule has 0 spiro atoms. The number of aromatic carboxylic acids is 1. The van der Waals surface area contributed by atoms with Crippen molar-refractivity contribution in [3.05, 3.63) is 75.6 Å². The fraction of sp³-hybridized carbons (Fsp3) is 0.150. The summed E-state index contributed by atoms with van der Waals surface area (Å²) in [7, 11) is 1.03. The Labute approximate surface area is 162 Å². The molecule has 0 saturated heterocycles. The summed E-state index contributed by atoms with van der Waals surface area (Å²) in [4.78, 5) is 36.0. The van der Waals surface area contributed by atoms with Gasteiger partial charge in [0, 0.05) is 12.6 Å². The van der Waals surface area contributed by atoms with Crippen molar-refractivity contribution in [3.63, 3.8) is 0 Å². The molecule has 3 rings (SSSR count). The third kappa shape index (κ3) is 3.54. The molecule has 0 aliphatic carbocycles. The SMILES string of the molecule is COc1c(F)c(F)cc2c(=O)c(C(=O)O)cn(C(Cc3ccccc3)C(=O)O)c12. The molecule has 7 nitrogen and oxygen atoms in total. The van der Waals surface area contributed by atoms with Crippen LogP contribution >= 0.6 is 0 Å². The molecule has 2 N–H and O–H groups in total. The van der Waals surface area contributed by atoms with E-state index < -0.39 is 51.7 Å². The average Bonchev–Trinajstić information content (AvgIpc) is 2.69. The van der Waals surface area contributed by atoms with Crippen LogP contribution in [0.3, 0.4) is 0 Å². The number of pyridine rings is 1. The van der Waals surface area contributed by atoms with Gasteiger partial charge in [-0.25, -0.2) is 14.0 Å². The molecule has 0 saturated carbocycles. The van der Waals surface area contributed by atoms with E-state index in [-0.39, 0.29) is 11.9 Å². The van der Waals surface area contributed by atoms with Crippen molar-refractivity contribution in [1.82, 2.24) is 4.57 Å². The lowest BCUT2D eigenvalue weighted by molar-refractivity contribution is -0.140. The number of halogens is 2. The van der Waals surface area contributed by atoms with Crippen LogP contribution in [0, 0.1) is 11.6 Å². The first-order valence-electron chi connectivity index (χ1n) is 8.37. The van der Waals surface area contributed by atoms with Crippen molar-refractivity contribution in [2.75, 3.05) is 7.11 Å². The van der Waals surface area contributed by atoms with Gasteiger partial charge in [0.2, 0.25) is 11.2 Å². The van der Waals surface area contributed by atoms with E-state index in [9.17, 15) is 33.4 Å². The van der Waals surface area contributed by atoms with Gasteiger partial charge in [0.05, 0.1) is 18.0 Å². The molecule has 0 aliphatic rings. The van der Waals surface area contributed by atoms with E-state index in [1.807, 2.05) is 0 Å². The van der Waals surface area contributed by atoms with Crippen molar-refractivity contribution in [3.8, 4) is 5.75 Å². The largest absolute Gasteiger partial charge is 0.491 e. The molecule has 0 amide bonds. The number of carboxylic acid groups (broad SMARTS) is 2. The minimum Gasteiger partial charge on any atom is -0.491 e. The van der Waals surface area contributed by atoms with Crippen molar-refractivity contribution in [1.29, 1.82) is 0 Å². The Kier molecular flexibility index (Phi) is 5.31. The molecule has 150 valence electrons. The molecule has 0 fully saturated rings. The highest BCUT2D eigenvalue weighted by atomic mass is 19.2. The normalized spacial score (nSPS) is 12.0. The van der Waals surface area contributed by atoms with Gasteiger partial charge in [-0.1, -0.05) is 30.3 Å². The number of rotatable bonds is 6. The second-order valence-corrected chi connectivity index (χ2v) is 6.23. The highest BCUT2D eigenvalue weighted by molar-refractivity contribution is 5.95. The number of methoxy groups -OCH3 is 1. The highest BCUT2D eigenvalue weighted by Gasteiger charge is 2.28. The van der Waals surface area contributed by atoms with Crippen molar-refractivity contribution in [2.24, 2.45) is 0 Å². The van der Waals surface area contributed by atoms with Gasteiger partial charge in [0.1, 0.15) is 11.6 Å². The van der Waals surface area contributed by atoms with E-state index in [1.165, 1.54) is 0 Å². The highest BCUT2D eigenvalue weighted by Crippen LogP contribution is 2.32. The topological polar surface area (TPSA) is 106 Å². The number of hydrogen-bond donors (Lipinski definition) is 2. The Morgan fingerprint density at radius 3 is 2.38 bits per heavy atom. The second kappa shape index (κ2) is 7.70. The zero-order chi connectivity index (χ0) is 21.3. The molecule has 9 heteroatoms. The van der Waals surface area contributed by atoms with Crippen LogP contribution in [-0.4, -0.2) is 33.8 Å². The number of aliphatic carboxylic acids is 1. The van der Waals surface area contributed by atoms with Gasteiger partial charge >= 0.3 is 11.9 Å². The predicted octanol–water partition coefficient (Wildman–Crippen LogP) is 2.85. The molecular weight excluding hydrogens is 388 g/mol. The Morgan fingerprint density at radius 1 is 1.17 bits per heavy atom. The van der Waals surface area contributed by atoms with Crippen LogP contribution in [0.4, 0.5) is 8.78 Å². The van der Waals surface area contributed by atoms with Crippen molar-refractivity contribution in [2.45, 2.75) is 12.5 Å². The predicted molar refractivity (Wildman–Crippen MR) is 98.5 cm³/mol. The van der Waals surface area contributed by atoms with E-state index in [0.717, 1.165) is 17.9 Å². The number of benzene rings is 2. The van der Waals surface area contributed by atoms with E-state index in [0.29, 0.717) is 11.6 Å². The number of hydrogen-bond acceptors (Lipinski definition) is 4. The second-order valence-electron chi connectivity index (χ2n) is 6.23. The summed E-state index contributed by atoms with van der Waals surface area (Å²) in [6.07, 6.45) is 0.712. The molecule has 0 aliphatic heterocycles. The van der Waals surface area contributed by atoms with Crippen LogP contribution in [0.1, 0.15) is 22.0 Å². The molecule has 3 aromatic rings. The summed E-state index contributed by atoms with van der Waals surface area (Å²) in [5.74, 6) is -6.51. The fourth-order valence-corrected chi connectivity index (χ4v) is 3.16. The molecule has 1 aromatic heterocycles. The molecular formula is C20H15F2NO6. The Morgan fingerprint density at radius 2 is 1.83 bits per heavy atom. The molecule has 29 heavy (non-hydrogen) atoms. The monoisotopic (exact) mass is 403 g/mol. The molecule has 2 aromatic carbocycles. The van der Waals surface area contributed by atoms with Crippen LogP contribution in [-0.2, 0) is 11.2 Å². The number of nitrogens with zero attached hydrogens (tertiary/aromatic N) is 1. The lowest BCUT2D eigenvalue weighted by atomic mass is 10.0. The van der Waals surface area contributed by atoms with Crippen LogP contribution in [0.15, 0.2) is 47.4 Å². The average molecular weight is 403 g/mol. The molecule has 1 heterocycles. The van der Waals surface area contributed by atoms with Crippen molar-refractivity contribution >= 4 is 22.8 Å².